The minimum absolute atomic E-state index is 0.157. The lowest BCUT2D eigenvalue weighted by Crippen LogP contribution is -2.53. The van der Waals surface area contributed by atoms with Crippen LogP contribution in [0.1, 0.15) is 12.8 Å². The van der Waals surface area contributed by atoms with Gasteiger partial charge in [0.05, 0.1) is 6.20 Å². The van der Waals surface area contributed by atoms with Crippen molar-refractivity contribution in [1.29, 1.82) is 0 Å². The van der Waals surface area contributed by atoms with Gasteiger partial charge in [-0.2, -0.15) is 5.10 Å². The Morgan fingerprint density at radius 1 is 1.53 bits per heavy atom. The van der Waals surface area contributed by atoms with E-state index in [-0.39, 0.29) is 4.90 Å². The molecule has 0 aromatic carbocycles. The molecule has 96 valence electrons. The van der Waals surface area contributed by atoms with Gasteiger partial charge in [-0.15, -0.1) is 0 Å². The number of halogens is 1. The normalized spacial score (nSPS) is 20.3. The molecule has 0 saturated carbocycles. The first-order valence-electron chi connectivity index (χ1n) is 5.24. The van der Waals surface area contributed by atoms with E-state index in [2.05, 4.69) is 30.8 Å². The van der Waals surface area contributed by atoms with Crippen LogP contribution in [0.25, 0.3) is 0 Å². The van der Waals surface area contributed by atoms with E-state index in [0.29, 0.717) is 31.4 Å². The average Bonchev–Trinajstić information content (AvgIpc) is 2.84. The molecule has 17 heavy (non-hydrogen) atoms. The van der Waals surface area contributed by atoms with E-state index in [9.17, 15) is 8.42 Å². The number of hydrogen-bond donors (Lipinski definition) is 2. The number of sulfonamides is 1. The SMILES string of the molecule is O=S(=O)(NC1(CBr)CCOCC1)c1cn[nH]c1. The fraction of sp³-hybridized carbons (Fsp3) is 0.667. The number of rotatable bonds is 4. The van der Waals surface area contributed by atoms with Crippen LogP contribution in [0.2, 0.25) is 0 Å². The van der Waals surface area contributed by atoms with Crippen LogP contribution in [0.15, 0.2) is 17.3 Å². The van der Waals surface area contributed by atoms with E-state index in [1.54, 1.807) is 0 Å². The zero-order valence-corrected chi connectivity index (χ0v) is 11.6. The summed E-state index contributed by atoms with van der Waals surface area (Å²) < 4.78 is 32.2. The molecule has 8 heteroatoms. The maximum atomic E-state index is 12.1. The zero-order valence-electron chi connectivity index (χ0n) is 9.15. The van der Waals surface area contributed by atoms with Gasteiger partial charge in [0.2, 0.25) is 10.0 Å². The predicted molar refractivity (Wildman–Crippen MR) is 65.5 cm³/mol. The maximum Gasteiger partial charge on any atom is 0.244 e. The van der Waals surface area contributed by atoms with Crippen molar-refractivity contribution < 1.29 is 13.2 Å². The average molecular weight is 324 g/mol. The molecular formula is C9H14BrN3O3S. The Bertz CT molecular complexity index is 454. The molecule has 0 unspecified atom stereocenters. The highest BCUT2D eigenvalue weighted by atomic mass is 79.9. The van der Waals surface area contributed by atoms with Crippen molar-refractivity contribution in [2.45, 2.75) is 23.3 Å². The summed E-state index contributed by atoms with van der Waals surface area (Å²) in [4.78, 5) is 0.157. The number of aromatic nitrogens is 2. The molecule has 2 N–H and O–H groups in total. The summed E-state index contributed by atoms with van der Waals surface area (Å²) in [5.41, 5.74) is -0.464. The van der Waals surface area contributed by atoms with E-state index < -0.39 is 15.6 Å². The first-order valence-corrected chi connectivity index (χ1v) is 7.85. The molecule has 2 rings (SSSR count). The van der Waals surface area contributed by atoms with Crippen molar-refractivity contribution in [1.82, 2.24) is 14.9 Å². The van der Waals surface area contributed by atoms with Crippen LogP contribution in [-0.4, -0.2) is 42.7 Å². The number of nitrogens with one attached hydrogen (secondary N) is 2. The molecule has 1 aliphatic heterocycles. The lowest BCUT2D eigenvalue weighted by Gasteiger charge is -2.35. The van der Waals surface area contributed by atoms with Crippen molar-refractivity contribution >= 4 is 26.0 Å². The number of H-pyrrole nitrogens is 1. The van der Waals surface area contributed by atoms with Crippen LogP contribution >= 0.6 is 15.9 Å². The summed E-state index contributed by atoms with van der Waals surface area (Å²) in [6.07, 6.45) is 3.98. The van der Waals surface area contributed by atoms with Crippen LogP contribution in [-0.2, 0) is 14.8 Å². The molecule has 1 aliphatic rings. The largest absolute Gasteiger partial charge is 0.381 e. The third-order valence-corrected chi connectivity index (χ3v) is 5.46. The smallest absolute Gasteiger partial charge is 0.244 e. The van der Waals surface area contributed by atoms with E-state index in [1.807, 2.05) is 0 Å². The van der Waals surface area contributed by atoms with Gasteiger partial charge in [0, 0.05) is 30.3 Å². The summed E-state index contributed by atoms with van der Waals surface area (Å²) in [5, 5.41) is 6.72. The Balaban J connectivity index is 2.19. The fourth-order valence-electron chi connectivity index (χ4n) is 1.76. The van der Waals surface area contributed by atoms with Gasteiger partial charge < -0.3 is 4.74 Å². The molecule has 2 heterocycles. The quantitative estimate of drug-likeness (QED) is 0.796. The van der Waals surface area contributed by atoms with Gasteiger partial charge in [-0.1, -0.05) is 15.9 Å². The molecule has 0 radical (unpaired) electrons. The summed E-state index contributed by atoms with van der Waals surface area (Å²) in [6.45, 7) is 1.14. The Morgan fingerprint density at radius 3 is 2.76 bits per heavy atom. The molecule has 0 aliphatic carbocycles. The Labute approximate surface area is 108 Å². The number of alkyl halides is 1. The number of hydrogen-bond acceptors (Lipinski definition) is 4. The molecule has 1 aromatic heterocycles. The molecular weight excluding hydrogens is 310 g/mol. The van der Waals surface area contributed by atoms with Crippen molar-refractivity contribution in [3.05, 3.63) is 12.4 Å². The Hall–Kier alpha value is -0.440. The number of nitrogens with zero attached hydrogens (tertiary/aromatic N) is 1. The number of ether oxygens (including phenoxy) is 1. The van der Waals surface area contributed by atoms with Gasteiger partial charge in [0.15, 0.2) is 0 Å². The van der Waals surface area contributed by atoms with Gasteiger partial charge in [-0.3, -0.25) is 5.10 Å². The molecule has 0 bridgehead atoms. The molecule has 0 atom stereocenters. The van der Waals surface area contributed by atoms with Crippen LogP contribution in [0, 0.1) is 0 Å². The maximum absolute atomic E-state index is 12.1. The van der Waals surface area contributed by atoms with Crippen LogP contribution < -0.4 is 4.72 Å². The molecule has 1 aromatic rings. The van der Waals surface area contributed by atoms with Gasteiger partial charge in [0.25, 0.3) is 0 Å². The highest BCUT2D eigenvalue weighted by molar-refractivity contribution is 9.09. The standard InChI is InChI=1S/C9H14BrN3O3S/c10-7-9(1-3-16-4-2-9)13-17(14,15)8-5-11-12-6-8/h5-6,13H,1-4,7H2,(H,11,12). The lowest BCUT2D eigenvalue weighted by atomic mass is 9.94. The third kappa shape index (κ3) is 2.87. The summed E-state index contributed by atoms with van der Waals surface area (Å²) in [7, 11) is -3.52. The van der Waals surface area contributed by atoms with Gasteiger partial charge in [-0.25, -0.2) is 13.1 Å². The van der Waals surface area contributed by atoms with Crippen molar-refractivity contribution in [2.24, 2.45) is 0 Å². The highest BCUT2D eigenvalue weighted by Gasteiger charge is 2.36. The van der Waals surface area contributed by atoms with Gasteiger partial charge in [0.1, 0.15) is 4.90 Å². The minimum atomic E-state index is -3.52. The molecule has 0 amide bonds. The van der Waals surface area contributed by atoms with Crippen molar-refractivity contribution in [3.63, 3.8) is 0 Å². The minimum Gasteiger partial charge on any atom is -0.381 e. The van der Waals surface area contributed by atoms with Crippen LogP contribution in [0.4, 0.5) is 0 Å². The molecule has 6 nitrogen and oxygen atoms in total. The van der Waals surface area contributed by atoms with E-state index >= 15 is 0 Å². The monoisotopic (exact) mass is 323 g/mol. The second-order valence-corrected chi connectivity index (χ2v) is 6.31. The highest BCUT2D eigenvalue weighted by Crippen LogP contribution is 2.25. The second-order valence-electron chi connectivity index (χ2n) is 4.07. The summed E-state index contributed by atoms with van der Waals surface area (Å²) in [6, 6.07) is 0. The van der Waals surface area contributed by atoms with Crippen LogP contribution in [0.5, 0.6) is 0 Å². The van der Waals surface area contributed by atoms with Gasteiger partial charge >= 0.3 is 0 Å². The first-order chi connectivity index (χ1) is 8.08. The fourth-order valence-corrected chi connectivity index (χ4v) is 4.01. The Morgan fingerprint density at radius 2 is 2.24 bits per heavy atom. The van der Waals surface area contributed by atoms with Crippen molar-refractivity contribution in [3.8, 4) is 0 Å². The topological polar surface area (TPSA) is 84.1 Å². The third-order valence-electron chi connectivity index (χ3n) is 2.84. The zero-order chi connectivity index (χ0) is 12.4. The Kier molecular flexibility index (Phi) is 3.86. The van der Waals surface area contributed by atoms with Crippen LogP contribution in [0.3, 0.4) is 0 Å². The summed E-state index contributed by atoms with van der Waals surface area (Å²) >= 11 is 3.38. The summed E-state index contributed by atoms with van der Waals surface area (Å²) in [5.74, 6) is 0. The molecule has 0 spiro atoms. The van der Waals surface area contributed by atoms with E-state index in [1.165, 1.54) is 12.4 Å². The molecule has 1 fully saturated rings. The molecule has 1 saturated heterocycles. The lowest BCUT2D eigenvalue weighted by molar-refractivity contribution is 0.0557. The second kappa shape index (κ2) is 5.05. The predicted octanol–water partition coefficient (Wildman–Crippen LogP) is 0.632. The number of aromatic amines is 1. The van der Waals surface area contributed by atoms with E-state index in [4.69, 9.17) is 4.74 Å². The van der Waals surface area contributed by atoms with Gasteiger partial charge in [-0.05, 0) is 12.8 Å². The first kappa shape index (κ1) is 13.0. The van der Waals surface area contributed by atoms with E-state index in [0.717, 1.165) is 0 Å². The van der Waals surface area contributed by atoms with Crippen molar-refractivity contribution in [2.75, 3.05) is 18.5 Å².